The second kappa shape index (κ2) is 7.17. The van der Waals surface area contributed by atoms with E-state index in [1.54, 1.807) is 11.8 Å². The van der Waals surface area contributed by atoms with Crippen LogP contribution in [0.3, 0.4) is 0 Å². The predicted octanol–water partition coefficient (Wildman–Crippen LogP) is -0.0260. The number of thioether (sulfide) groups is 1. The van der Waals surface area contributed by atoms with Gasteiger partial charge in [-0.25, -0.2) is 5.84 Å². The highest BCUT2D eigenvalue weighted by Gasteiger charge is 2.11. The zero-order valence-electron chi connectivity index (χ0n) is 8.12. The number of rotatable bonds is 6. The summed E-state index contributed by atoms with van der Waals surface area (Å²) in [6.45, 7) is 4.00. The summed E-state index contributed by atoms with van der Waals surface area (Å²) in [5.41, 5.74) is 2.12. The quantitative estimate of drug-likeness (QED) is 0.324. The van der Waals surface area contributed by atoms with Gasteiger partial charge in [0.15, 0.2) is 0 Å². The number of hydrogen-bond acceptors (Lipinski definition) is 4. The Hall–Kier alpha value is -0.260. The van der Waals surface area contributed by atoms with E-state index in [2.05, 4.69) is 5.43 Å². The van der Waals surface area contributed by atoms with Crippen molar-refractivity contribution in [2.45, 2.75) is 13.8 Å². The van der Waals surface area contributed by atoms with Crippen LogP contribution in [0.2, 0.25) is 0 Å². The van der Waals surface area contributed by atoms with Gasteiger partial charge >= 0.3 is 0 Å². The molecule has 0 aliphatic carbocycles. The van der Waals surface area contributed by atoms with Crippen molar-refractivity contribution in [1.29, 1.82) is 0 Å². The van der Waals surface area contributed by atoms with E-state index in [4.69, 9.17) is 10.9 Å². The van der Waals surface area contributed by atoms with Gasteiger partial charge in [-0.1, -0.05) is 13.8 Å². The maximum atomic E-state index is 11.0. The molecule has 5 heteroatoms. The third-order valence-corrected chi connectivity index (χ3v) is 3.21. The first-order chi connectivity index (χ1) is 6.11. The summed E-state index contributed by atoms with van der Waals surface area (Å²) in [5, 5.41) is 8.74. The third-order valence-electron chi connectivity index (χ3n) is 1.67. The number of aliphatic hydroxyl groups excluding tert-OH is 1. The van der Waals surface area contributed by atoms with Crippen molar-refractivity contribution in [3.8, 4) is 0 Å². The maximum absolute atomic E-state index is 11.0. The number of carbonyl (C=O) groups is 1. The molecule has 78 valence electrons. The van der Waals surface area contributed by atoms with Crippen LogP contribution in [0, 0.1) is 11.8 Å². The van der Waals surface area contributed by atoms with Crippen molar-refractivity contribution in [2.24, 2.45) is 17.7 Å². The molecule has 4 nitrogen and oxygen atoms in total. The molecule has 0 fully saturated rings. The first-order valence-corrected chi connectivity index (χ1v) is 5.46. The van der Waals surface area contributed by atoms with Gasteiger partial charge in [0.05, 0.1) is 0 Å². The van der Waals surface area contributed by atoms with E-state index in [9.17, 15) is 4.79 Å². The Bertz CT molecular complexity index is 155. The average molecular weight is 206 g/mol. The number of nitrogens with two attached hydrogens (primary N) is 1. The highest BCUT2D eigenvalue weighted by molar-refractivity contribution is 7.99. The Kier molecular flexibility index (Phi) is 7.03. The molecule has 0 aliphatic heterocycles. The Morgan fingerprint density at radius 2 is 2.15 bits per heavy atom. The van der Waals surface area contributed by atoms with Crippen LogP contribution in [0.5, 0.6) is 0 Å². The standard InChI is InChI=1S/C8H18N2O2S/c1-6(3-11)4-13-5-7(2)8(12)10-9/h6-7,11H,3-5,9H2,1-2H3,(H,10,12). The minimum atomic E-state index is -0.135. The van der Waals surface area contributed by atoms with Crippen LogP contribution in [-0.2, 0) is 4.79 Å². The largest absolute Gasteiger partial charge is 0.396 e. The average Bonchev–Trinajstić information content (AvgIpc) is 2.15. The molecule has 0 aromatic carbocycles. The molecule has 0 saturated carbocycles. The number of hydrogen-bond donors (Lipinski definition) is 3. The van der Waals surface area contributed by atoms with Gasteiger partial charge < -0.3 is 5.11 Å². The Morgan fingerprint density at radius 1 is 1.54 bits per heavy atom. The van der Waals surface area contributed by atoms with E-state index in [1.165, 1.54) is 0 Å². The number of nitrogens with one attached hydrogen (secondary N) is 1. The molecule has 0 aromatic heterocycles. The smallest absolute Gasteiger partial charge is 0.237 e. The number of aliphatic hydroxyl groups is 1. The monoisotopic (exact) mass is 206 g/mol. The van der Waals surface area contributed by atoms with Crippen LogP contribution in [0.25, 0.3) is 0 Å². The predicted molar refractivity (Wildman–Crippen MR) is 55.1 cm³/mol. The second-order valence-electron chi connectivity index (χ2n) is 3.23. The number of carbonyl (C=O) groups excluding carboxylic acids is 1. The van der Waals surface area contributed by atoms with Crippen LogP contribution in [0.15, 0.2) is 0 Å². The van der Waals surface area contributed by atoms with Gasteiger partial charge in [-0.05, 0) is 11.7 Å². The van der Waals surface area contributed by atoms with E-state index < -0.39 is 0 Å². The lowest BCUT2D eigenvalue weighted by Crippen LogP contribution is -2.35. The fraction of sp³-hybridized carbons (Fsp3) is 0.875. The van der Waals surface area contributed by atoms with Gasteiger partial charge in [0, 0.05) is 18.3 Å². The lowest BCUT2D eigenvalue weighted by atomic mass is 10.2. The maximum Gasteiger partial charge on any atom is 0.237 e. The Balaban J connectivity index is 3.47. The third kappa shape index (κ3) is 5.90. The molecule has 0 saturated heterocycles. The highest BCUT2D eigenvalue weighted by atomic mass is 32.2. The second-order valence-corrected chi connectivity index (χ2v) is 4.31. The molecule has 0 rings (SSSR count). The lowest BCUT2D eigenvalue weighted by molar-refractivity contribution is -0.123. The molecule has 0 aromatic rings. The first kappa shape index (κ1) is 12.7. The minimum absolute atomic E-state index is 0.0686. The van der Waals surface area contributed by atoms with Crippen LogP contribution in [0.4, 0.5) is 0 Å². The van der Waals surface area contributed by atoms with Crippen molar-refractivity contribution in [1.82, 2.24) is 5.43 Å². The molecule has 0 aliphatic rings. The summed E-state index contributed by atoms with van der Waals surface area (Å²) in [4.78, 5) is 11.0. The van der Waals surface area contributed by atoms with Crippen molar-refractivity contribution < 1.29 is 9.90 Å². The molecule has 4 N–H and O–H groups in total. The van der Waals surface area contributed by atoms with E-state index >= 15 is 0 Å². The first-order valence-electron chi connectivity index (χ1n) is 4.30. The van der Waals surface area contributed by atoms with Gasteiger partial charge in [-0.3, -0.25) is 10.2 Å². The summed E-state index contributed by atoms with van der Waals surface area (Å²) in [7, 11) is 0. The lowest BCUT2D eigenvalue weighted by Gasteiger charge is -2.11. The molecule has 0 radical (unpaired) electrons. The SMILES string of the molecule is CC(CO)CSCC(C)C(=O)NN. The van der Waals surface area contributed by atoms with Crippen LogP contribution < -0.4 is 11.3 Å². The van der Waals surface area contributed by atoms with Gasteiger partial charge in [-0.2, -0.15) is 11.8 Å². The number of hydrazine groups is 1. The zero-order chi connectivity index (χ0) is 10.3. The molecule has 2 unspecified atom stereocenters. The summed E-state index contributed by atoms with van der Waals surface area (Å²) >= 11 is 1.66. The van der Waals surface area contributed by atoms with E-state index in [1.807, 2.05) is 13.8 Å². The molecule has 1 amide bonds. The summed E-state index contributed by atoms with van der Waals surface area (Å²) in [5.74, 6) is 6.69. The van der Waals surface area contributed by atoms with Gasteiger partial charge in [0.2, 0.25) is 5.91 Å². The van der Waals surface area contributed by atoms with Gasteiger partial charge in [-0.15, -0.1) is 0 Å². The van der Waals surface area contributed by atoms with Gasteiger partial charge in [0.25, 0.3) is 0 Å². The van der Waals surface area contributed by atoms with Crippen LogP contribution >= 0.6 is 11.8 Å². The van der Waals surface area contributed by atoms with Gasteiger partial charge in [0.1, 0.15) is 0 Å². The molecule has 2 atom stereocenters. The fourth-order valence-corrected chi connectivity index (χ4v) is 1.87. The van der Waals surface area contributed by atoms with Crippen molar-refractivity contribution in [2.75, 3.05) is 18.1 Å². The molecule has 0 spiro atoms. The van der Waals surface area contributed by atoms with Crippen molar-refractivity contribution in [3.05, 3.63) is 0 Å². The van der Waals surface area contributed by atoms with E-state index in [0.29, 0.717) is 0 Å². The normalized spacial score (nSPS) is 15.1. The van der Waals surface area contributed by atoms with E-state index in [-0.39, 0.29) is 24.3 Å². The van der Waals surface area contributed by atoms with Crippen molar-refractivity contribution >= 4 is 17.7 Å². The molecular weight excluding hydrogens is 188 g/mol. The van der Waals surface area contributed by atoms with Crippen molar-refractivity contribution in [3.63, 3.8) is 0 Å². The Morgan fingerprint density at radius 3 is 2.62 bits per heavy atom. The van der Waals surface area contributed by atoms with E-state index in [0.717, 1.165) is 11.5 Å². The molecule has 0 heterocycles. The molecule has 13 heavy (non-hydrogen) atoms. The molecule has 0 bridgehead atoms. The molecular formula is C8H18N2O2S. The summed E-state index contributed by atoms with van der Waals surface area (Å²) < 4.78 is 0. The Labute approximate surface area is 83.2 Å². The highest BCUT2D eigenvalue weighted by Crippen LogP contribution is 2.12. The number of amides is 1. The van der Waals surface area contributed by atoms with Crippen LogP contribution in [-0.4, -0.2) is 29.1 Å². The zero-order valence-corrected chi connectivity index (χ0v) is 8.93. The fourth-order valence-electron chi connectivity index (χ4n) is 0.717. The summed E-state index contributed by atoms with van der Waals surface area (Å²) in [6.07, 6.45) is 0. The topological polar surface area (TPSA) is 75.3 Å². The van der Waals surface area contributed by atoms with Crippen LogP contribution in [0.1, 0.15) is 13.8 Å². The minimum Gasteiger partial charge on any atom is -0.396 e. The summed E-state index contributed by atoms with van der Waals surface area (Å²) in [6, 6.07) is 0.